The quantitative estimate of drug-likeness (QED) is 0.835. The molecule has 1 heterocycles. The van der Waals surface area contributed by atoms with Crippen LogP contribution in [0.4, 0.5) is 10.3 Å². The summed E-state index contributed by atoms with van der Waals surface area (Å²) < 4.78 is 12.7. The van der Waals surface area contributed by atoms with Gasteiger partial charge in [0, 0.05) is 6.54 Å². The summed E-state index contributed by atoms with van der Waals surface area (Å²) in [7, 11) is 0. The van der Waals surface area contributed by atoms with E-state index in [0.29, 0.717) is 11.5 Å². The molecule has 0 saturated carbocycles. The van der Waals surface area contributed by atoms with Crippen molar-refractivity contribution in [3.63, 3.8) is 0 Å². The molecule has 0 unspecified atom stereocenters. The van der Waals surface area contributed by atoms with Crippen LogP contribution < -0.4 is 5.32 Å². The smallest absolute Gasteiger partial charge is 0.222 e. The highest BCUT2D eigenvalue weighted by atomic mass is 19.1. The summed E-state index contributed by atoms with van der Waals surface area (Å²) in [6, 6.07) is 8.46. The van der Waals surface area contributed by atoms with Gasteiger partial charge in [0.05, 0.1) is 18.0 Å². The van der Waals surface area contributed by atoms with Gasteiger partial charge in [-0.15, -0.1) is 0 Å². The molecule has 0 saturated heterocycles. The number of aryl methyl sites for hydroxylation is 1. The summed E-state index contributed by atoms with van der Waals surface area (Å²) in [6.45, 7) is 0.725. The van der Waals surface area contributed by atoms with Gasteiger partial charge in [0.25, 0.3) is 0 Å². The van der Waals surface area contributed by atoms with Crippen LogP contribution in [0, 0.1) is 17.1 Å². The van der Waals surface area contributed by atoms with Crippen LogP contribution in [-0.4, -0.2) is 16.5 Å². The number of hydrogen-bond donors (Lipinski definition) is 1. The molecule has 96 valence electrons. The van der Waals surface area contributed by atoms with E-state index in [1.165, 1.54) is 24.5 Å². The summed E-state index contributed by atoms with van der Waals surface area (Å²) in [4.78, 5) is 8.02. The van der Waals surface area contributed by atoms with Gasteiger partial charge in [0.15, 0.2) is 0 Å². The standard InChI is InChI=1S/C14H13FN4/c15-13-5-3-11(4-6-13)2-1-7-17-14-18-9-12(8-16)10-19-14/h3-6,9-10H,1-2,7H2,(H,17,18,19). The zero-order valence-corrected chi connectivity index (χ0v) is 10.3. The minimum atomic E-state index is -0.215. The second-order valence-corrected chi connectivity index (χ2v) is 4.06. The van der Waals surface area contributed by atoms with E-state index < -0.39 is 0 Å². The van der Waals surface area contributed by atoms with E-state index in [9.17, 15) is 4.39 Å². The van der Waals surface area contributed by atoms with Crippen molar-refractivity contribution in [3.05, 3.63) is 53.6 Å². The molecular weight excluding hydrogens is 243 g/mol. The molecular formula is C14H13FN4. The number of nitrogens with zero attached hydrogens (tertiary/aromatic N) is 3. The molecule has 0 aliphatic carbocycles. The van der Waals surface area contributed by atoms with Gasteiger partial charge in [-0.2, -0.15) is 5.26 Å². The first-order valence-corrected chi connectivity index (χ1v) is 5.98. The van der Waals surface area contributed by atoms with E-state index in [-0.39, 0.29) is 5.82 Å². The first-order valence-electron chi connectivity index (χ1n) is 5.98. The molecule has 2 aromatic rings. The van der Waals surface area contributed by atoms with Crippen molar-refractivity contribution >= 4 is 5.95 Å². The van der Waals surface area contributed by atoms with Gasteiger partial charge in [-0.05, 0) is 30.5 Å². The third-order valence-corrected chi connectivity index (χ3v) is 2.62. The van der Waals surface area contributed by atoms with Gasteiger partial charge in [0.2, 0.25) is 5.95 Å². The molecule has 5 heteroatoms. The fourth-order valence-corrected chi connectivity index (χ4v) is 1.62. The third-order valence-electron chi connectivity index (χ3n) is 2.62. The molecule has 0 radical (unpaired) electrons. The SMILES string of the molecule is N#Cc1cnc(NCCCc2ccc(F)cc2)nc1. The highest BCUT2D eigenvalue weighted by Gasteiger charge is 1.97. The number of nitrogens with one attached hydrogen (secondary N) is 1. The average Bonchev–Trinajstić information content (AvgIpc) is 2.46. The number of benzene rings is 1. The van der Waals surface area contributed by atoms with Crippen LogP contribution in [0.5, 0.6) is 0 Å². The maximum atomic E-state index is 12.7. The van der Waals surface area contributed by atoms with Gasteiger partial charge in [-0.3, -0.25) is 0 Å². The van der Waals surface area contributed by atoms with Crippen molar-refractivity contribution < 1.29 is 4.39 Å². The van der Waals surface area contributed by atoms with Gasteiger partial charge in [-0.25, -0.2) is 14.4 Å². The number of anilines is 1. The van der Waals surface area contributed by atoms with Crippen molar-refractivity contribution in [2.24, 2.45) is 0 Å². The molecule has 2 rings (SSSR count). The van der Waals surface area contributed by atoms with Gasteiger partial charge in [0.1, 0.15) is 11.9 Å². The van der Waals surface area contributed by atoms with Crippen LogP contribution in [0.2, 0.25) is 0 Å². The zero-order valence-electron chi connectivity index (χ0n) is 10.3. The molecule has 1 N–H and O–H groups in total. The molecule has 0 amide bonds. The molecule has 0 aliphatic heterocycles. The lowest BCUT2D eigenvalue weighted by molar-refractivity contribution is 0.626. The highest BCUT2D eigenvalue weighted by Crippen LogP contribution is 2.06. The van der Waals surface area contributed by atoms with E-state index in [4.69, 9.17) is 5.26 Å². The minimum absolute atomic E-state index is 0.215. The van der Waals surface area contributed by atoms with Gasteiger partial charge < -0.3 is 5.32 Å². The molecule has 19 heavy (non-hydrogen) atoms. The highest BCUT2D eigenvalue weighted by molar-refractivity contribution is 5.29. The lowest BCUT2D eigenvalue weighted by Gasteiger charge is -2.04. The molecule has 0 fully saturated rings. The summed E-state index contributed by atoms with van der Waals surface area (Å²) in [5.41, 5.74) is 1.54. The third kappa shape index (κ3) is 4.03. The second kappa shape index (κ2) is 6.45. The summed E-state index contributed by atoms with van der Waals surface area (Å²) in [5.74, 6) is 0.297. The van der Waals surface area contributed by atoms with Gasteiger partial charge >= 0.3 is 0 Å². The Hall–Kier alpha value is -2.48. The maximum Gasteiger partial charge on any atom is 0.222 e. The van der Waals surface area contributed by atoms with Crippen LogP contribution in [0.25, 0.3) is 0 Å². The number of aromatic nitrogens is 2. The summed E-state index contributed by atoms with van der Waals surface area (Å²) >= 11 is 0. The Kier molecular flexibility index (Phi) is 4.40. The number of nitriles is 1. The van der Waals surface area contributed by atoms with E-state index in [2.05, 4.69) is 15.3 Å². The lowest BCUT2D eigenvalue weighted by atomic mass is 10.1. The Morgan fingerprint density at radius 1 is 1.16 bits per heavy atom. The van der Waals surface area contributed by atoms with Gasteiger partial charge in [-0.1, -0.05) is 12.1 Å². The first kappa shape index (κ1) is 13.0. The van der Waals surface area contributed by atoms with Crippen molar-refractivity contribution in [2.75, 3.05) is 11.9 Å². The van der Waals surface area contributed by atoms with Crippen molar-refractivity contribution in [1.29, 1.82) is 5.26 Å². The Morgan fingerprint density at radius 3 is 2.47 bits per heavy atom. The Bertz CT molecular complexity index is 557. The van der Waals surface area contributed by atoms with E-state index in [1.54, 1.807) is 12.1 Å². The molecule has 1 aromatic heterocycles. The van der Waals surface area contributed by atoms with E-state index >= 15 is 0 Å². The minimum Gasteiger partial charge on any atom is -0.354 e. The molecule has 0 spiro atoms. The molecule has 0 atom stereocenters. The first-order chi connectivity index (χ1) is 9.28. The summed E-state index contributed by atoms with van der Waals surface area (Å²) in [6.07, 6.45) is 4.73. The predicted octanol–water partition coefficient (Wildman–Crippen LogP) is 2.53. The normalized spacial score (nSPS) is 9.89. The number of rotatable bonds is 5. The zero-order chi connectivity index (χ0) is 13.5. The Labute approximate surface area is 110 Å². The topological polar surface area (TPSA) is 61.6 Å². The fourth-order valence-electron chi connectivity index (χ4n) is 1.62. The van der Waals surface area contributed by atoms with Crippen molar-refractivity contribution in [1.82, 2.24) is 9.97 Å². The number of hydrogen-bond acceptors (Lipinski definition) is 4. The monoisotopic (exact) mass is 256 g/mol. The summed E-state index contributed by atoms with van der Waals surface area (Å²) in [5, 5.41) is 11.7. The lowest BCUT2D eigenvalue weighted by Crippen LogP contribution is -2.06. The van der Waals surface area contributed by atoms with Crippen LogP contribution >= 0.6 is 0 Å². The largest absolute Gasteiger partial charge is 0.354 e. The predicted molar refractivity (Wildman–Crippen MR) is 70.0 cm³/mol. The second-order valence-electron chi connectivity index (χ2n) is 4.06. The van der Waals surface area contributed by atoms with E-state index in [0.717, 1.165) is 24.9 Å². The van der Waals surface area contributed by atoms with Crippen molar-refractivity contribution in [2.45, 2.75) is 12.8 Å². The Morgan fingerprint density at radius 2 is 1.84 bits per heavy atom. The number of halogens is 1. The molecule has 1 aromatic carbocycles. The van der Waals surface area contributed by atoms with Crippen LogP contribution in [-0.2, 0) is 6.42 Å². The Balaban J connectivity index is 1.74. The molecule has 0 aliphatic rings. The average molecular weight is 256 g/mol. The fraction of sp³-hybridized carbons (Fsp3) is 0.214. The maximum absolute atomic E-state index is 12.7. The van der Waals surface area contributed by atoms with Crippen LogP contribution in [0.15, 0.2) is 36.7 Å². The molecule has 0 bridgehead atoms. The molecule has 4 nitrogen and oxygen atoms in total. The van der Waals surface area contributed by atoms with E-state index in [1.807, 2.05) is 6.07 Å². The van der Waals surface area contributed by atoms with Crippen molar-refractivity contribution in [3.8, 4) is 6.07 Å². The van der Waals surface area contributed by atoms with Crippen LogP contribution in [0.3, 0.4) is 0 Å². The van der Waals surface area contributed by atoms with Crippen LogP contribution in [0.1, 0.15) is 17.5 Å².